The molecule has 0 bridgehead atoms. The van der Waals surface area contributed by atoms with E-state index in [2.05, 4.69) is 0 Å². The summed E-state index contributed by atoms with van der Waals surface area (Å²) in [5, 5.41) is 0. The molecule has 0 aromatic rings. The van der Waals surface area contributed by atoms with Crippen LogP contribution in [0.25, 0.3) is 0 Å². The molecule has 0 atom stereocenters. The van der Waals surface area contributed by atoms with Gasteiger partial charge in [0, 0.05) is 6.61 Å². The van der Waals surface area contributed by atoms with Crippen molar-refractivity contribution in [3.8, 4) is 0 Å². The Labute approximate surface area is 67.2 Å². The molecule has 1 saturated heterocycles. The number of hydrogen-bond donors (Lipinski definition) is 0. The molecule has 0 amide bonds. The van der Waals surface area contributed by atoms with E-state index in [0.29, 0.717) is 0 Å². The summed E-state index contributed by atoms with van der Waals surface area (Å²) in [5.41, 5.74) is 0. The van der Waals surface area contributed by atoms with Crippen molar-refractivity contribution >= 4 is 20.4 Å². The molecule has 0 aromatic carbocycles. The van der Waals surface area contributed by atoms with Gasteiger partial charge in [0.05, 0.1) is 0 Å². The Balaban J connectivity index is 0.000000187. The quantitative estimate of drug-likeness (QED) is 0.425. The fourth-order valence-electron chi connectivity index (χ4n) is 0.687. The van der Waals surface area contributed by atoms with E-state index in [1.54, 1.807) is 0 Å². The zero-order chi connectivity index (χ0) is 8.74. The predicted molar refractivity (Wildman–Crippen MR) is 39.7 cm³/mol. The van der Waals surface area contributed by atoms with Gasteiger partial charge in [0.25, 0.3) is 0 Å². The molecular weight excluding hydrogens is 194 g/mol. The average molecular weight is 204 g/mol. The molecule has 1 aliphatic rings. The maximum absolute atomic E-state index is 9.99. The van der Waals surface area contributed by atoms with E-state index in [1.807, 2.05) is 0 Å². The van der Waals surface area contributed by atoms with Gasteiger partial charge < -0.3 is 4.43 Å². The second-order valence-corrected chi connectivity index (χ2v) is 4.33. The molecule has 11 heavy (non-hydrogen) atoms. The van der Waals surface area contributed by atoms with Gasteiger partial charge in [0.1, 0.15) is 0 Å². The minimum Gasteiger partial charge on any atom is -0.424 e. The van der Waals surface area contributed by atoms with Crippen molar-refractivity contribution in [1.82, 2.24) is 0 Å². The van der Waals surface area contributed by atoms with Gasteiger partial charge in [-0.2, -0.15) is 8.42 Å². The van der Waals surface area contributed by atoms with Crippen molar-refractivity contribution in [3.63, 3.8) is 0 Å². The molecule has 7 heteroatoms. The Kier molecular flexibility index (Phi) is 5.61. The van der Waals surface area contributed by atoms with Crippen LogP contribution in [-0.4, -0.2) is 24.8 Å². The minimum atomic E-state index is -5.67. The predicted octanol–water partition coefficient (Wildman–Crippen LogP) is 0.469. The van der Waals surface area contributed by atoms with Crippen LogP contribution in [0.15, 0.2) is 0 Å². The minimum absolute atomic E-state index is 0.00849. The van der Waals surface area contributed by atoms with Crippen molar-refractivity contribution in [3.05, 3.63) is 0 Å². The Morgan fingerprint density at radius 1 is 1.27 bits per heavy atom. The lowest BCUT2D eigenvalue weighted by atomic mass is 10.4. The van der Waals surface area contributed by atoms with E-state index < -0.39 is 10.6 Å². The SMILES string of the molecule is C1CC[SiH2]OC1.O=S(=O)(F)F. The Morgan fingerprint density at radius 2 is 1.82 bits per heavy atom. The van der Waals surface area contributed by atoms with Gasteiger partial charge in [-0.3, -0.25) is 0 Å². The normalized spacial score (nSPS) is 20.5. The number of hydrogen-bond acceptors (Lipinski definition) is 3. The summed E-state index contributed by atoms with van der Waals surface area (Å²) >= 11 is 0. The molecule has 0 N–H and O–H groups in total. The first-order valence-electron chi connectivity index (χ1n) is 3.22. The van der Waals surface area contributed by atoms with Gasteiger partial charge in [-0.25, -0.2) is 0 Å². The van der Waals surface area contributed by atoms with Gasteiger partial charge in [0.15, 0.2) is 9.76 Å². The van der Waals surface area contributed by atoms with Crippen LogP contribution >= 0.6 is 0 Å². The third kappa shape index (κ3) is 17.8. The molecule has 0 spiro atoms. The lowest BCUT2D eigenvalue weighted by molar-refractivity contribution is 0.304. The van der Waals surface area contributed by atoms with Gasteiger partial charge in [0.2, 0.25) is 0 Å². The summed E-state index contributed by atoms with van der Waals surface area (Å²) < 4.78 is 41.8. The van der Waals surface area contributed by atoms with E-state index in [1.165, 1.54) is 18.9 Å². The maximum atomic E-state index is 9.99. The topological polar surface area (TPSA) is 43.4 Å². The molecule has 0 aliphatic carbocycles. The molecule has 68 valence electrons. The van der Waals surface area contributed by atoms with Crippen molar-refractivity contribution in [2.24, 2.45) is 0 Å². The van der Waals surface area contributed by atoms with E-state index in [4.69, 9.17) is 12.8 Å². The van der Waals surface area contributed by atoms with Gasteiger partial charge in [-0.1, -0.05) is 14.2 Å². The zero-order valence-corrected chi connectivity index (χ0v) is 8.16. The smallest absolute Gasteiger partial charge is 0.424 e. The lowest BCUT2D eigenvalue weighted by Gasteiger charge is -2.07. The molecule has 0 aromatic heterocycles. The van der Waals surface area contributed by atoms with Crippen LogP contribution in [0.5, 0.6) is 0 Å². The van der Waals surface area contributed by atoms with Gasteiger partial charge >= 0.3 is 10.6 Å². The van der Waals surface area contributed by atoms with E-state index >= 15 is 0 Å². The highest BCUT2D eigenvalue weighted by Crippen LogP contribution is 2.01. The van der Waals surface area contributed by atoms with Gasteiger partial charge in [-0.05, 0) is 12.5 Å². The third-order valence-corrected chi connectivity index (χ3v) is 2.44. The van der Waals surface area contributed by atoms with Crippen LogP contribution in [0, 0.1) is 0 Å². The molecule has 1 rings (SSSR count). The summed E-state index contributed by atoms with van der Waals surface area (Å²) in [6, 6.07) is 1.42. The summed E-state index contributed by atoms with van der Waals surface area (Å²) in [7, 11) is -5.66. The van der Waals surface area contributed by atoms with E-state index in [0.717, 1.165) is 6.61 Å². The third-order valence-electron chi connectivity index (χ3n) is 1.08. The van der Waals surface area contributed by atoms with Crippen molar-refractivity contribution in [1.29, 1.82) is 0 Å². The van der Waals surface area contributed by atoms with E-state index in [-0.39, 0.29) is 9.76 Å². The van der Waals surface area contributed by atoms with Crippen LogP contribution in [0.1, 0.15) is 12.8 Å². The lowest BCUT2D eigenvalue weighted by Crippen LogP contribution is -2.06. The van der Waals surface area contributed by atoms with Crippen LogP contribution < -0.4 is 0 Å². The molecular formula is C4H10F2O3SSi. The highest BCUT2D eigenvalue weighted by Gasteiger charge is 1.96. The maximum Gasteiger partial charge on any atom is 0.476 e. The molecule has 0 radical (unpaired) electrons. The van der Waals surface area contributed by atoms with Crippen LogP contribution in [0.3, 0.4) is 0 Å². The van der Waals surface area contributed by atoms with Crippen molar-refractivity contribution in [2.45, 2.75) is 18.9 Å². The molecule has 1 fully saturated rings. The summed E-state index contributed by atoms with van der Waals surface area (Å²) in [6.45, 7) is 1.06. The van der Waals surface area contributed by atoms with E-state index in [9.17, 15) is 7.77 Å². The highest BCUT2D eigenvalue weighted by atomic mass is 32.3. The standard InChI is InChI=1S/C4H10OSi.F2O2S/c1-2-4-6-5-3-1;1-5(2,3)4/h1-4,6H2;. The van der Waals surface area contributed by atoms with Crippen LogP contribution in [0.2, 0.25) is 6.04 Å². The summed E-state index contributed by atoms with van der Waals surface area (Å²) in [4.78, 5) is 0. The Bertz CT molecular complexity index is 158. The number of rotatable bonds is 0. The second kappa shape index (κ2) is 5.61. The molecule has 0 unspecified atom stereocenters. The average Bonchev–Trinajstić information content (AvgIpc) is 1.88. The zero-order valence-electron chi connectivity index (χ0n) is 5.92. The monoisotopic (exact) mass is 204 g/mol. The summed E-state index contributed by atoms with van der Waals surface area (Å²) in [5.74, 6) is 0. The van der Waals surface area contributed by atoms with Crippen molar-refractivity contribution < 1.29 is 20.6 Å². The Morgan fingerprint density at radius 3 is 1.91 bits per heavy atom. The number of halogens is 2. The van der Waals surface area contributed by atoms with Crippen molar-refractivity contribution in [2.75, 3.05) is 6.61 Å². The first-order chi connectivity index (χ1) is 5.00. The summed E-state index contributed by atoms with van der Waals surface area (Å²) in [6.07, 6.45) is 2.75. The first kappa shape index (κ1) is 11.0. The molecule has 1 aliphatic heterocycles. The second-order valence-electron chi connectivity index (χ2n) is 2.05. The molecule has 0 saturated carbocycles. The van der Waals surface area contributed by atoms with Crippen LogP contribution in [0.4, 0.5) is 7.77 Å². The first-order valence-corrected chi connectivity index (χ1v) is 6.08. The van der Waals surface area contributed by atoms with Gasteiger partial charge in [-0.15, -0.1) is 0 Å². The highest BCUT2D eigenvalue weighted by molar-refractivity contribution is 7.81. The fraction of sp³-hybridized carbons (Fsp3) is 1.00. The molecule has 3 nitrogen and oxygen atoms in total. The fourth-order valence-corrected chi connectivity index (χ4v) is 1.86. The van der Waals surface area contributed by atoms with Crippen LogP contribution in [-0.2, 0) is 15.0 Å². The molecule has 1 heterocycles. The Hall–Kier alpha value is -0.0131. The largest absolute Gasteiger partial charge is 0.476 e.